The van der Waals surface area contributed by atoms with Gasteiger partial charge >= 0.3 is 11.9 Å². The van der Waals surface area contributed by atoms with E-state index in [9.17, 15) is 19.7 Å². The van der Waals surface area contributed by atoms with Gasteiger partial charge in [0.1, 0.15) is 4.92 Å². The predicted octanol–water partition coefficient (Wildman–Crippen LogP) is -0.247. The predicted molar refractivity (Wildman–Crippen MR) is 56.0 cm³/mol. The monoisotopic (exact) mass is 258 g/mol. The van der Waals surface area contributed by atoms with Crippen LogP contribution in [-0.2, 0) is 4.79 Å². The Morgan fingerprint density at radius 3 is 2.67 bits per heavy atom. The highest BCUT2D eigenvalue weighted by Gasteiger charge is 2.18. The third-order valence-electron chi connectivity index (χ3n) is 1.98. The van der Waals surface area contributed by atoms with Crippen LogP contribution in [0.25, 0.3) is 0 Å². The second kappa shape index (κ2) is 5.77. The van der Waals surface area contributed by atoms with Crippen molar-refractivity contribution in [3.05, 3.63) is 28.0 Å². The van der Waals surface area contributed by atoms with Crippen molar-refractivity contribution in [1.29, 1.82) is 0 Å². The molecular weight excluding hydrogens is 248 g/mol. The normalized spacial score (nSPS) is 11.8. The maximum Gasteiger partial charge on any atom is 0.433 e. The van der Waals surface area contributed by atoms with Crippen LogP contribution < -0.4 is 5.32 Å². The molecule has 1 aromatic heterocycles. The van der Waals surface area contributed by atoms with Gasteiger partial charge in [-0.15, -0.1) is 0 Å². The van der Waals surface area contributed by atoms with Crippen LogP contribution in [0.1, 0.15) is 17.0 Å². The highest BCUT2D eigenvalue weighted by atomic mass is 16.6. The van der Waals surface area contributed by atoms with Crippen molar-refractivity contribution in [2.75, 3.05) is 6.54 Å². The number of hydrogen-bond donors (Lipinski definition) is 3. The molecule has 1 aromatic rings. The number of nitrogens with zero attached hydrogens (tertiary/aromatic N) is 1. The Labute approximate surface area is 100 Å². The zero-order valence-electron chi connectivity index (χ0n) is 9.03. The molecular formula is C9H10N2O7. The number of hydrogen-bond acceptors (Lipinski definition) is 6. The van der Waals surface area contributed by atoms with Crippen LogP contribution in [-0.4, -0.2) is 39.7 Å². The molecule has 0 bridgehead atoms. The lowest BCUT2D eigenvalue weighted by atomic mass is 10.2. The number of amides is 1. The van der Waals surface area contributed by atoms with Gasteiger partial charge in [-0.05, 0) is 6.07 Å². The molecule has 0 saturated carbocycles. The van der Waals surface area contributed by atoms with Crippen molar-refractivity contribution >= 4 is 17.8 Å². The molecule has 0 aliphatic heterocycles. The maximum absolute atomic E-state index is 11.4. The number of carboxylic acids is 1. The van der Waals surface area contributed by atoms with Gasteiger partial charge in [-0.3, -0.25) is 14.9 Å². The first kappa shape index (κ1) is 13.6. The molecule has 0 radical (unpaired) electrons. The van der Waals surface area contributed by atoms with Crippen molar-refractivity contribution in [3.8, 4) is 0 Å². The van der Waals surface area contributed by atoms with Gasteiger partial charge in [0.2, 0.25) is 0 Å². The molecule has 1 rings (SSSR count). The van der Waals surface area contributed by atoms with Crippen LogP contribution in [0.15, 0.2) is 16.5 Å². The molecule has 0 aromatic carbocycles. The van der Waals surface area contributed by atoms with Gasteiger partial charge in [-0.2, -0.15) is 0 Å². The standard InChI is InChI=1S/C9H10N2O7/c12-5(9(14)15)3-4-10-8(13)6-1-2-7(18-6)11(16)17/h1-2,5,12H,3-4H2,(H,10,13)(H,14,15). The molecule has 9 nitrogen and oxygen atoms in total. The summed E-state index contributed by atoms with van der Waals surface area (Å²) in [7, 11) is 0. The van der Waals surface area contributed by atoms with Crippen LogP contribution in [0.3, 0.4) is 0 Å². The average molecular weight is 258 g/mol. The van der Waals surface area contributed by atoms with Crippen LogP contribution in [0.4, 0.5) is 5.88 Å². The zero-order chi connectivity index (χ0) is 13.7. The van der Waals surface area contributed by atoms with Crippen molar-refractivity contribution in [3.63, 3.8) is 0 Å². The quantitative estimate of drug-likeness (QED) is 0.471. The van der Waals surface area contributed by atoms with E-state index in [1.54, 1.807) is 0 Å². The Balaban J connectivity index is 2.45. The molecule has 1 amide bonds. The first-order valence-corrected chi connectivity index (χ1v) is 4.85. The molecule has 0 aliphatic rings. The summed E-state index contributed by atoms with van der Waals surface area (Å²) in [6.07, 6.45) is -1.75. The molecule has 0 fully saturated rings. The Hall–Kier alpha value is -2.42. The lowest BCUT2D eigenvalue weighted by Crippen LogP contribution is -2.29. The van der Waals surface area contributed by atoms with E-state index in [4.69, 9.17) is 10.2 Å². The SMILES string of the molecule is O=C(NCCC(O)C(=O)O)c1ccc([N+](=O)[O-])o1. The number of carboxylic acid groups (broad SMARTS) is 1. The number of nitro groups is 1. The summed E-state index contributed by atoms with van der Waals surface area (Å²) in [6.45, 7) is -0.0964. The molecule has 9 heteroatoms. The van der Waals surface area contributed by atoms with Gasteiger partial charge in [0.05, 0.1) is 6.07 Å². The number of nitrogens with one attached hydrogen (secondary N) is 1. The fourth-order valence-corrected chi connectivity index (χ4v) is 1.08. The van der Waals surface area contributed by atoms with Gasteiger partial charge in [0.25, 0.3) is 5.91 Å². The summed E-state index contributed by atoms with van der Waals surface area (Å²) in [5.41, 5.74) is 0. The smallest absolute Gasteiger partial charge is 0.433 e. The minimum atomic E-state index is -1.57. The number of furan rings is 1. The highest BCUT2D eigenvalue weighted by Crippen LogP contribution is 2.15. The molecule has 3 N–H and O–H groups in total. The van der Waals surface area contributed by atoms with Gasteiger partial charge in [-0.25, -0.2) is 4.79 Å². The maximum atomic E-state index is 11.4. The van der Waals surface area contributed by atoms with Crippen molar-refractivity contribution in [2.45, 2.75) is 12.5 Å². The summed E-state index contributed by atoms with van der Waals surface area (Å²) < 4.78 is 4.62. The summed E-state index contributed by atoms with van der Waals surface area (Å²) >= 11 is 0. The van der Waals surface area contributed by atoms with E-state index in [0.717, 1.165) is 12.1 Å². The van der Waals surface area contributed by atoms with Gasteiger partial charge in [0, 0.05) is 13.0 Å². The first-order chi connectivity index (χ1) is 8.41. The van der Waals surface area contributed by atoms with Crippen LogP contribution in [0.2, 0.25) is 0 Å². The topological polar surface area (TPSA) is 143 Å². The van der Waals surface area contributed by atoms with Crippen LogP contribution in [0, 0.1) is 10.1 Å². The summed E-state index contributed by atoms with van der Waals surface area (Å²) in [5, 5.41) is 29.9. The first-order valence-electron chi connectivity index (χ1n) is 4.85. The fraction of sp³-hybridized carbons (Fsp3) is 0.333. The van der Waals surface area contributed by atoms with E-state index < -0.39 is 28.8 Å². The Bertz CT molecular complexity index is 467. The van der Waals surface area contributed by atoms with E-state index in [-0.39, 0.29) is 18.7 Å². The second-order valence-corrected chi connectivity index (χ2v) is 3.29. The van der Waals surface area contributed by atoms with Gasteiger partial charge in [-0.1, -0.05) is 0 Å². The largest absolute Gasteiger partial charge is 0.479 e. The number of rotatable bonds is 6. The molecule has 0 spiro atoms. The molecule has 0 aliphatic carbocycles. The van der Waals surface area contributed by atoms with Crippen LogP contribution in [0.5, 0.6) is 0 Å². The lowest BCUT2D eigenvalue weighted by molar-refractivity contribution is -0.402. The minimum Gasteiger partial charge on any atom is -0.479 e. The Kier molecular flexibility index (Phi) is 4.38. The number of aliphatic hydroxyl groups excluding tert-OH is 1. The zero-order valence-corrected chi connectivity index (χ0v) is 9.03. The third kappa shape index (κ3) is 3.56. The Morgan fingerprint density at radius 1 is 1.50 bits per heavy atom. The van der Waals surface area contributed by atoms with Gasteiger partial charge < -0.3 is 19.9 Å². The van der Waals surface area contributed by atoms with E-state index in [0.29, 0.717) is 0 Å². The lowest BCUT2D eigenvalue weighted by Gasteiger charge is -2.05. The number of carbonyl (C=O) groups is 2. The van der Waals surface area contributed by atoms with E-state index in [2.05, 4.69) is 9.73 Å². The molecule has 98 valence electrons. The highest BCUT2D eigenvalue weighted by molar-refractivity contribution is 5.91. The summed E-state index contributed by atoms with van der Waals surface area (Å²) in [4.78, 5) is 31.2. The van der Waals surface area contributed by atoms with Crippen molar-refractivity contribution in [2.24, 2.45) is 0 Å². The molecule has 1 atom stereocenters. The number of carbonyl (C=O) groups excluding carboxylic acids is 1. The van der Waals surface area contributed by atoms with E-state index in [1.807, 2.05) is 0 Å². The molecule has 0 saturated heterocycles. The average Bonchev–Trinajstić information content (AvgIpc) is 2.77. The summed E-state index contributed by atoms with van der Waals surface area (Å²) in [5.74, 6) is -2.93. The summed E-state index contributed by atoms with van der Waals surface area (Å²) in [6, 6.07) is 2.15. The van der Waals surface area contributed by atoms with E-state index >= 15 is 0 Å². The Morgan fingerprint density at radius 2 is 2.17 bits per heavy atom. The van der Waals surface area contributed by atoms with Crippen molar-refractivity contribution in [1.82, 2.24) is 5.32 Å². The molecule has 1 unspecified atom stereocenters. The number of aliphatic hydroxyl groups is 1. The molecule has 1 heterocycles. The van der Waals surface area contributed by atoms with Crippen molar-refractivity contribution < 1.29 is 29.1 Å². The van der Waals surface area contributed by atoms with E-state index in [1.165, 1.54) is 0 Å². The third-order valence-corrected chi connectivity index (χ3v) is 1.98. The molecule has 18 heavy (non-hydrogen) atoms. The van der Waals surface area contributed by atoms with Gasteiger partial charge in [0.15, 0.2) is 11.9 Å². The minimum absolute atomic E-state index is 0.0964. The number of aliphatic carboxylic acids is 1. The van der Waals surface area contributed by atoms with Crippen LogP contribution >= 0.6 is 0 Å². The second-order valence-electron chi connectivity index (χ2n) is 3.29. The fourth-order valence-electron chi connectivity index (χ4n) is 1.08.